The van der Waals surface area contributed by atoms with Crippen LogP contribution in [0.4, 0.5) is 0 Å². The quantitative estimate of drug-likeness (QED) is 0.856. The van der Waals surface area contributed by atoms with Crippen LogP contribution in [0, 0.1) is 0 Å². The van der Waals surface area contributed by atoms with Crippen molar-refractivity contribution in [3.8, 4) is 0 Å². The SMILES string of the molecule is C=C(Br)C[C@@H](O)CCc1ccccc1. The highest BCUT2D eigenvalue weighted by Gasteiger charge is 2.04. The first kappa shape index (κ1) is 11.5. The molecular weight excluding hydrogens is 240 g/mol. The standard InChI is InChI=1S/C12H15BrO/c1-10(13)9-12(14)8-7-11-5-3-2-4-6-11/h2-6,12,14H,1,7-9H2/t12-/m0/s1. The van der Waals surface area contributed by atoms with Gasteiger partial charge in [0.15, 0.2) is 0 Å². The molecule has 0 aliphatic rings. The minimum atomic E-state index is -0.290. The molecule has 0 fully saturated rings. The topological polar surface area (TPSA) is 20.2 Å². The van der Waals surface area contributed by atoms with Crippen LogP contribution in [0.5, 0.6) is 0 Å². The molecule has 2 heteroatoms. The summed E-state index contributed by atoms with van der Waals surface area (Å²) in [5.74, 6) is 0. The van der Waals surface area contributed by atoms with Crippen LogP contribution in [0.3, 0.4) is 0 Å². The first-order valence-electron chi connectivity index (χ1n) is 4.74. The third kappa shape index (κ3) is 4.58. The van der Waals surface area contributed by atoms with Crippen molar-refractivity contribution in [2.24, 2.45) is 0 Å². The maximum Gasteiger partial charge on any atom is 0.0588 e. The van der Waals surface area contributed by atoms with Crippen LogP contribution in [0.15, 0.2) is 41.4 Å². The van der Waals surface area contributed by atoms with Crippen molar-refractivity contribution in [2.75, 3.05) is 0 Å². The predicted molar refractivity (Wildman–Crippen MR) is 63.5 cm³/mol. The summed E-state index contributed by atoms with van der Waals surface area (Å²) in [5, 5.41) is 9.59. The number of hydrogen-bond acceptors (Lipinski definition) is 1. The lowest BCUT2D eigenvalue weighted by Gasteiger charge is -2.09. The van der Waals surface area contributed by atoms with Crippen LogP contribution in [0.25, 0.3) is 0 Å². The van der Waals surface area contributed by atoms with Gasteiger partial charge in [-0.3, -0.25) is 0 Å². The molecule has 1 aromatic rings. The molecule has 14 heavy (non-hydrogen) atoms. The molecule has 1 rings (SSSR count). The lowest BCUT2D eigenvalue weighted by atomic mass is 10.1. The highest BCUT2D eigenvalue weighted by atomic mass is 79.9. The number of halogens is 1. The second-order valence-electron chi connectivity index (χ2n) is 3.40. The molecule has 0 aliphatic carbocycles. The van der Waals surface area contributed by atoms with Gasteiger partial charge < -0.3 is 5.11 Å². The van der Waals surface area contributed by atoms with E-state index >= 15 is 0 Å². The Kier molecular flexibility index (Phi) is 4.91. The van der Waals surface area contributed by atoms with Gasteiger partial charge in [0.2, 0.25) is 0 Å². The van der Waals surface area contributed by atoms with Crippen LogP contribution in [0.2, 0.25) is 0 Å². The third-order valence-corrected chi connectivity index (χ3v) is 2.39. The number of aryl methyl sites for hydroxylation is 1. The average molecular weight is 255 g/mol. The molecule has 1 nitrogen and oxygen atoms in total. The lowest BCUT2D eigenvalue weighted by molar-refractivity contribution is 0.167. The van der Waals surface area contributed by atoms with Gasteiger partial charge in [-0.2, -0.15) is 0 Å². The van der Waals surface area contributed by atoms with Crippen molar-refractivity contribution in [2.45, 2.75) is 25.4 Å². The number of hydrogen-bond donors (Lipinski definition) is 1. The normalized spacial score (nSPS) is 12.4. The molecule has 1 N–H and O–H groups in total. The number of aliphatic hydroxyl groups is 1. The van der Waals surface area contributed by atoms with Crippen molar-refractivity contribution in [1.82, 2.24) is 0 Å². The van der Waals surface area contributed by atoms with E-state index in [1.807, 2.05) is 18.2 Å². The van der Waals surface area contributed by atoms with Crippen molar-refractivity contribution in [3.05, 3.63) is 47.0 Å². The van der Waals surface area contributed by atoms with Crippen LogP contribution >= 0.6 is 15.9 Å². The van der Waals surface area contributed by atoms with Gasteiger partial charge in [0.05, 0.1) is 6.10 Å². The Hall–Kier alpha value is -0.600. The molecule has 0 heterocycles. The maximum absolute atomic E-state index is 9.59. The Morgan fingerprint density at radius 2 is 2.00 bits per heavy atom. The Morgan fingerprint density at radius 1 is 1.36 bits per heavy atom. The highest BCUT2D eigenvalue weighted by Crippen LogP contribution is 2.14. The molecule has 0 unspecified atom stereocenters. The van der Waals surface area contributed by atoms with Gasteiger partial charge in [-0.15, -0.1) is 0 Å². The van der Waals surface area contributed by atoms with E-state index in [9.17, 15) is 5.11 Å². The number of benzene rings is 1. The van der Waals surface area contributed by atoms with E-state index < -0.39 is 0 Å². The zero-order valence-electron chi connectivity index (χ0n) is 8.12. The molecule has 0 amide bonds. The molecule has 0 radical (unpaired) electrons. The monoisotopic (exact) mass is 254 g/mol. The molecule has 76 valence electrons. The molecule has 0 aromatic heterocycles. The summed E-state index contributed by atoms with van der Waals surface area (Å²) in [7, 11) is 0. The molecule has 0 saturated heterocycles. The Balaban J connectivity index is 2.30. The lowest BCUT2D eigenvalue weighted by Crippen LogP contribution is -2.07. The first-order chi connectivity index (χ1) is 6.68. The minimum Gasteiger partial charge on any atom is -0.393 e. The van der Waals surface area contributed by atoms with Gasteiger partial charge in [0.25, 0.3) is 0 Å². The molecule has 0 bridgehead atoms. The van der Waals surface area contributed by atoms with Gasteiger partial charge in [-0.05, 0) is 22.9 Å². The molecular formula is C12H15BrO. The van der Waals surface area contributed by atoms with Crippen molar-refractivity contribution in [1.29, 1.82) is 0 Å². The van der Waals surface area contributed by atoms with Crippen LogP contribution in [-0.2, 0) is 6.42 Å². The largest absolute Gasteiger partial charge is 0.393 e. The maximum atomic E-state index is 9.59. The van der Waals surface area contributed by atoms with Gasteiger partial charge in [-0.1, -0.05) is 52.8 Å². The summed E-state index contributed by atoms with van der Waals surface area (Å²) in [4.78, 5) is 0. The zero-order valence-corrected chi connectivity index (χ0v) is 9.70. The van der Waals surface area contributed by atoms with Crippen LogP contribution in [-0.4, -0.2) is 11.2 Å². The second-order valence-corrected chi connectivity index (χ2v) is 4.52. The zero-order chi connectivity index (χ0) is 10.4. The van der Waals surface area contributed by atoms with E-state index in [1.54, 1.807) is 0 Å². The fraction of sp³-hybridized carbons (Fsp3) is 0.333. The smallest absolute Gasteiger partial charge is 0.0588 e. The summed E-state index contributed by atoms with van der Waals surface area (Å²) >= 11 is 3.25. The Bertz CT molecular complexity index is 282. The molecule has 1 aromatic carbocycles. The highest BCUT2D eigenvalue weighted by molar-refractivity contribution is 9.11. The summed E-state index contributed by atoms with van der Waals surface area (Å²) in [5.41, 5.74) is 1.27. The van der Waals surface area contributed by atoms with Crippen LogP contribution < -0.4 is 0 Å². The second kappa shape index (κ2) is 5.99. The van der Waals surface area contributed by atoms with Gasteiger partial charge >= 0.3 is 0 Å². The van der Waals surface area contributed by atoms with Crippen molar-refractivity contribution in [3.63, 3.8) is 0 Å². The average Bonchev–Trinajstić information content (AvgIpc) is 2.15. The molecule has 0 spiro atoms. The molecule has 0 aliphatic heterocycles. The van der Waals surface area contributed by atoms with E-state index in [1.165, 1.54) is 5.56 Å². The van der Waals surface area contributed by atoms with E-state index in [0.29, 0.717) is 6.42 Å². The molecule has 0 saturated carbocycles. The Morgan fingerprint density at radius 3 is 2.57 bits per heavy atom. The van der Waals surface area contributed by atoms with Gasteiger partial charge in [0.1, 0.15) is 0 Å². The van der Waals surface area contributed by atoms with Gasteiger partial charge in [-0.25, -0.2) is 0 Å². The number of aliphatic hydroxyl groups excluding tert-OH is 1. The first-order valence-corrected chi connectivity index (χ1v) is 5.53. The summed E-state index contributed by atoms with van der Waals surface area (Å²) < 4.78 is 0.859. The number of rotatable bonds is 5. The molecule has 1 atom stereocenters. The van der Waals surface area contributed by atoms with Crippen molar-refractivity contribution < 1.29 is 5.11 Å². The van der Waals surface area contributed by atoms with Crippen LogP contribution in [0.1, 0.15) is 18.4 Å². The van der Waals surface area contributed by atoms with E-state index in [4.69, 9.17) is 0 Å². The van der Waals surface area contributed by atoms with Gasteiger partial charge in [0, 0.05) is 6.42 Å². The van der Waals surface area contributed by atoms with E-state index in [2.05, 4.69) is 34.6 Å². The summed E-state index contributed by atoms with van der Waals surface area (Å²) in [6, 6.07) is 10.2. The van der Waals surface area contributed by atoms with Crippen molar-refractivity contribution >= 4 is 15.9 Å². The van der Waals surface area contributed by atoms with E-state index in [-0.39, 0.29) is 6.10 Å². The fourth-order valence-corrected chi connectivity index (χ4v) is 1.71. The Labute approximate surface area is 93.6 Å². The fourth-order valence-electron chi connectivity index (χ4n) is 1.34. The van der Waals surface area contributed by atoms with E-state index in [0.717, 1.165) is 17.3 Å². The summed E-state index contributed by atoms with van der Waals surface area (Å²) in [6.45, 7) is 3.71. The minimum absolute atomic E-state index is 0.290. The predicted octanol–water partition coefficient (Wildman–Crippen LogP) is 3.28. The third-order valence-electron chi connectivity index (χ3n) is 2.07. The summed E-state index contributed by atoms with van der Waals surface area (Å²) in [6.07, 6.45) is 2.05.